The average Bonchev–Trinajstić information content (AvgIpc) is 3.27. The van der Waals surface area contributed by atoms with E-state index >= 15 is 0 Å². The minimum absolute atomic E-state index is 0.140. The Bertz CT molecular complexity index is 1490. The van der Waals surface area contributed by atoms with Crippen molar-refractivity contribution in [2.24, 2.45) is 0 Å². The molecule has 0 spiro atoms. The molecule has 4 aromatic rings. The van der Waals surface area contributed by atoms with Crippen molar-refractivity contribution in [3.8, 4) is 11.1 Å². The van der Waals surface area contributed by atoms with Gasteiger partial charge in [-0.25, -0.2) is 0 Å². The van der Waals surface area contributed by atoms with E-state index in [0.717, 1.165) is 0 Å². The van der Waals surface area contributed by atoms with Gasteiger partial charge in [-0.3, -0.25) is 0 Å². The van der Waals surface area contributed by atoms with Crippen LogP contribution < -0.4 is 21.3 Å². The number of benzene rings is 4. The summed E-state index contributed by atoms with van der Waals surface area (Å²) in [5.74, 6) is 0. The maximum Gasteiger partial charge on any atom is 0.249 e. The lowest BCUT2D eigenvalue weighted by atomic mass is 9.36. The molecule has 0 bridgehead atoms. The lowest BCUT2D eigenvalue weighted by molar-refractivity contribution is 0.195. The molecule has 32 heavy (non-hydrogen) atoms. The Hall–Kier alpha value is -3.00. The quantitative estimate of drug-likeness (QED) is 0.309. The van der Waals surface area contributed by atoms with Gasteiger partial charge in [0, 0.05) is 16.8 Å². The van der Waals surface area contributed by atoms with Crippen LogP contribution in [0.1, 0.15) is 45.1 Å². The topological polar surface area (TPSA) is 3.24 Å². The smallest absolute Gasteiger partial charge is 0.249 e. The highest BCUT2D eigenvalue weighted by molar-refractivity contribution is 7.02. The molecule has 1 aliphatic carbocycles. The van der Waals surface area contributed by atoms with Crippen LogP contribution in [0.3, 0.4) is 0 Å². The molecule has 3 heterocycles. The number of hydrogen-bond donors (Lipinski definition) is 0. The molecule has 1 nitrogen and oxygen atoms in total. The summed E-state index contributed by atoms with van der Waals surface area (Å²) in [4.78, 5) is 2.79. The van der Waals surface area contributed by atoms with Crippen LogP contribution in [0.2, 0.25) is 0 Å². The summed E-state index contributed by atoms with van der Waals surface area (Å²) in [5.41, 5.74) is 12.4. The Balaban J connectivity index is 1.55. The molecule has 0 N–H and O–H groups in total. The SMILES string of the molecule is CC12CCCCC1(C)N1c3ccccc3B3c4c(ccc2c41)-c1ccc2ccccc2c13. The maximum atomic E-state index is 2.79. The number of fused-ring (bicyclic) bond motifs is 11. The molecule has 0 aromatic heterocycles. The van der Waals surface area contributed by atoms with Crippen LogP contribution in [0.4, 0.5) is 11.4 Å². The van der Waals surface area contributed by atoms with Crippen molar-refractivity contribution in [3.63, 3.8) is 0 Å². The molecule has 2 atom stereocenters. The fraction of sp³-hybridized carbons (Fsp3) is 0.267. The lowest BCUT2D eigenvalue weighted by Gasteiger charge is -2.51. The molecule has 2 heteroatoms. The molecule has 1 fully saturated rings. The van der Waals surface area contributed by atoms with Gasteiger partial charge in [0.15, 0.2) is 0 Å². The molecule has 1 saturated carbocycles. The van der Waals surface area contributed by atoms with Gasteiger partial charge in [-0.2, -0.15) is 0 Å². The summed E-state index contributed by atoms with van der Waals surface area (Å²) in [6, 6.07) is 27.9. The van der Waals surface area contributed by atoms with Crippen LogP contribution in [0.15, 0.2) is 72.8 Å². The standard InChI is InChI=1S/C30H26BN/c1-29-17-7-8-18-30(29,2)32-25-12-6-5-11-24(25)31-26-20-10-4-3-9-19(20)13-14-21(26)22-15-16-23(29)28(32)27(22)31/h3-6,9-16H,7-8,17-18H2,1-2H3. The predicted octanol–water partition coefficient (Wildman–Crippen LogP) is 5.39. The second-order valence-electron chi connectivity index (χ2n) is 10.8. The Morgan fingerprint density at radius 2 is 1.50 bits per heavy atom. The molecule has 8 rings (SSSR count). The van der Waals surface area contributed by atoms with E-state index in [4.69, 9.17) is 0 Å². The highest BCUT2D eigenvalue weighted by Gasteiger charge is 2.61. The van der Waals surface area contributed by atoms with Gasteiger partial charge >= 0.3 is 0 Å². The first-order chi connectivity index (χ1) is 15.6. The first kappa shape index (κ1) is 17.5. The molecule has 0 radical (unpaired) electrons. The van der Waals surface area contributed by atoms with Crippen molar-refractivity contribution in [3.05, 3.63) is 78.4 Å². The lowest BCUT2D eigenvalue weighted by Crippen LogP contribution is -2.61. The largest absolute Gasteiger partial charge is 0.335 e. The van der Waals surface area contributed by atoms with Gasteiger partial charge in [0.05, 0.1) is 5.54 Å². The van der Waals surface area contributed by atoms with Crippen molar-refractivity contribution in [2.75, 3.05) is 4.90 Å². The van der Waals surface area contributed by atoms with Gasteiger partial charge in [0.25, 0.3) is 0 Å². The zero-order valence-corrected chi connectivity index (χ0v) is 18.8. The van der Waals surface area contributed by atoms with Gasteiger partial charge in [-0.05, 0) is 64.2 Å². The monoisotopic (exact) mass is 411 g/mol. The third-order valence-electron chi connectivity index (χ3n) is 9.63. The van der Waals surface area contributed by atoms with Gasteiger partial charge in [-0.15, -0.1) is 0 Å². The van der Waals surface area contributed by atoms with Crippen molar-refractivity contribution >= 4 is 45.2 Å². The van der Waals surface area contributed by atoms with E-state index in [2.05, 4.69) is 91.5 Å². The second-order valence-corrected chi connectivity index (χ2v) is 10.8. The fourth-order valence-electron chi connectivity index (χ4n) is 7.96. The third-order valence-corrected chi connectivity index (χ3v) is 9.63. The number of hydrogen-bond acceptors (Lipinski definition) is 1. The van der Waals surface area contributed by atoms with Crippen molar-refractivity contribution in [1.82, 2.24) is 0 Å². The van der Waals surface area contributed by atoms with Gasteiger partial charge in [-0.1, -0.05) is 92.0 Å². The molecule has 4 aliphatic rings. The second kappa shape index (κ2) is 5.49. The highest BCUT2D eigenvalue weighted by Crippen LogP contribution is 2.61. The minimum Gasteiger partial charge on any atom is -0.335 e. The van der Waals surface area contributed by atoms with Crippen LogP contribution in [0.5, 0.6) is 0 Å². The molecule has 0 amide bonds. The summed E-state index contributed by atoms with van der Waals surface area (Å²) >= 11 is 0. The average molecular weight is 411 g/mol. The summed E-state index contributed by atoms with van der Waals surface area (Å²) in [6.07, 6.45) is 5.22. The number of rotatable bonds is 0. The van der Waals surface area contributed by atoms with Gasteiger partial charge in [0.2, 0.25) is 6.71 Å². The Morgan fingerprint density at radius 3 is 2.44 bits per heavy atom. The highest BCUT2D eigenvalue weighted by atomic mass is 15.3. The van der Waals surface area contributed by atoms with Crippen LogP contribution in [0.25, 0.3) is 21.9 Å². The van der Waals surface area contributed by atoms with Crippen LogP contribution in [-0.2, 0) is 5.41 Å². The number of para-hydroxylation sites is 1. The summed E-state index contributed by atoms with van der Waals surface area (Å²) < 4.78 is 0. The maximum absolute atomic E-state index is 2.79. The first-order valence-electron chi connectivity index (χ1n) is 12.2. The molecule has 154 valence electrons. The fourth-order valence-corrected chi connectivity index (χ4v) is 7.96. The summed E-state index contributed by atoms with van der Waals surface area (Å²) in [6.45, 7) is 5.44. The van der Waals surface area contributed by atoms with E-state index in [1.807, 2.05) is 0 Å². The molecule has 2 unspecified atom stereocenters. The van der Waals surface area contributed by atoms with E-state index < -0.39 is 0 Å². The first-order valence-corrected chi connectivity index (χ1v) is 12.2. The van der Waals surface area contributed by atoms with E-state index in [1.165, 1.54) is 64.2 Å². The van der Waals surface area contributed by atoms with Crippen molar-refractivity contribution in [1.29, 1.82) is 0 Å². The summed E-state index contributed by atoms with van der Waals surface area (Å²) in [7, 11) is 0. The van der Waals surface area contributed by atoms with E-state index in [9.17, 15) is 0 Å². The van der Waals surface area contributed by atoms with E-state index in [1.54, 1.807) is 16.7 Å². The Labute approximate surface area is 190 Å². The molecular weight excluding hydrogens is 385 g/mol. The van der Waals surface area contributed by atoms with Crippen LogP contribution >= 0.6 is 0 Å². The molecular formula is C30H26BN. The third kappa shape index (κ3) is 1.72. The van der Waals surface area contributed by atoms with Crippen molar-refractivity contribution in [2.45, 2.75) is 50.5 Å². The van der Waals surface area contributed by atoms with Gasteiger partial charge < -0.3 is 4.90 Å². The zero-order chi connectivity index (χ0) is 21.2. The predicted molar refractivity (Wildman–Crippen MR) is 137 cm³/mol. The molecule has 3 aliphatic heterocycles. The zero-order valence-electron chi connectivity index (χ0n) is 18.8. The van der Waals surface area contributed by atoms with E-state index in [-0.39, 0.29) is 11.0 Å². The van der Waals surface area contributed by atoms with Crippen molar-refractivity contribution < 1.29 is 0 Å². The number of anilines is 2. The molecule has 4 aromatic carbocycles. The Morgan fingerprint density at radius 1 is 0.750 bits per heavy atom. The number of nitrogens with zero attached hydrogens (tertiary/aromatic N) is 1. The van der Waals surface area contributed by atoms with Gasteiger partial charge in [0.1, 0.15) is 0 Å². The summed E-state index contributed by atoms with van der Waals surface area (Å²) in [5, 5.41) is 2.76. The minimum atomic E-state index is 0.140. The van der Waals surface area contributed by atoms with Crippen LogP contribution in [0, 0.1) is 0 Å². The van der Waals surface area contributed by atoms with E-state index in [0.29, 0.717) is 6.71 Å². The molecule has 0 saturated heterocycles. The normalized spacial score (nSPS) is 26.1. The Kier molecular flexibility index (Phi) is 3.01. The van der Waals surface area contributed by atoms with Crippen LogP contribution in [-0.4, -0.2) is 12.3 Å².